The van der Waals surface area contributed by atoms with Gasteiger partial charge in [0.05, 0.1) is 11.9 Å². The molecule has 5 heteroatoms. The van der Waals surface area contributed by atoms with E-state index in [4.69, 9.17) is 0 Å². The first-order chi connectivity index (χ1) is 7.61. The van der Waals surface area contributed by atoms with E-state index in [1.807, 2.05) is 0 Å². The van der Waals surface area contributed by atoms with Crippen LogP contribution in [0.25, 0.3) is 0 Å². The van der Waals surface area contributed by atoms with Gasteiger partial charge in [0.25, 0.3) is 0 Å². The summed E-state index contributed by atoms with van der Waals surface area (Å²) in [7, 11) is 0. The third-order valence-electron chi connectivity index (χ3n) is 2.07. The zero-order valence-electron chi connectivity index (χ0n) is 8.86. The molecule has 90 valence electrons. The van der Waals surface area contributed by atoms with Crippen LogP contribution in [-0.2, 0) is 26.7 Å². The monoisotopic (exact) mass is 274 g/mol. The Morgan fingerprint density at radius 1 is 0.882 bits per heavy atom. The Hall–Kier alpha value is -1.58. The molecule has 2 rings (SSSR count). The first-order valence-electron chi connectivity index (χ1n) is 4.75. The Bertz CT molecular complexity index is 376. The third-order valence-corrected chi connectivity index (χ3v) is 2.07. The van der Waals surface area contributed by atoms with E-state index in [2.05, 4.69) is 0 Å². The molecule has 2 aliphatic rings. The Kier molecular flexibility index (Phi) is 6.94. The predicted molar refractivity (Wildman–Crippen MR) is 53.7 cm³/mol. The first kappa shape index (κ1) is 15.4. The Morgan fingerprint density at radius 3 is 1.35 bits per heavy atom. The number of hydrogen-bond acceptors (Lipinski definition) is 4. The van der Waals surface area contributed by atoms with E-state index in [-0.39, 0.29) is 17.1 Å². The van der Waals surface area contributed by atoms with Crippen LogP contribution >= 0.6 is 0 Å². The van der Waals surface area contributed by atoms with E-state index in [1.54, 1.807) is 36.5 Å². The molecule has 2 aliphatic carbocycles. The molecule has 17 heavy (non-hydrogen) atoms. The van der Waals surface area contributed by atoms with Gasteiger partial charge >= 0.3 is 17.1 Å². The Morgan fingerprint density at radius 2 is 1.24 bits per heavy atom. The molecule has 0 atom stereocenters. The predicted octanol–water partition coefficient (Wildman–Crippen LogP) is -0.757. The van der Waals surface area contributed by atoms with E-state index in [9.17, 15) is 19.8 Å². The summed E-state index contributed by atoms with van der Waals surface area (Å²) in [5.74, 6) is -2.12. The topological polar surface area (TPSA) is 80.3 Å². The van der Waals surface area contributed by atoms with Gasteiger partial charge in [-0.05, 0) is 24.0 Å². The average Bonchev–Trinajstić information content (AvgIpc) is 2.93. The molecular weight excluding hydrogens is 264 g/mol. The Labute approximate surface area is 109 Å². The normalized spacial score (nSPS) is 15.3. The second-order valence-electron chi connectivity index (χ2n) is 3.22. The fourth-order valence-electron chi connectivity index (χ4n) is 1.20. The van der Waals surface area contributed by atoms with Gasteiger partial charge in [0.2, 0.25) is 0 Å². The molecule has 0 aromatic heterocycles. The number of carbonyl (C=O) groups is 2. The molecule has 0 aromatic rings. The van der Waals surface area contributed by atoms with Gasteiger partial charge in [-0.15, -0.1) is 0 Å². The molecular formula is C12H10FeO4. The maximum absolute atomic E-state index is 9.98. The number of allylic oxidation sites excluding steroid dienone is 6. The summed E-state index contributed by atoms with van der Waals surface area (Å²) >= 11 is 0. The first-order valence-corrected chi connectivity index (χ1v) is 4.75. The van der Waals surface area contributed by atoms with Crippen LogP contribution in [0.2, 0.25) is 0 Å². The number of carboxylic acid groups (broad SMARTS) is 2. The zero-order valence-corrected chi connectivity index (χ0v) is 9.97. The van der Waals surface area contributed by atoms with E-state index in [0.717, 1.165) is 0 Å². The number of hydrogen-bond donors (Lipinski definition) is 0. The van der Waals surface area contributed by atoms with E-state index in [1.165, 1.54) is 0 Å². The van der Waals surface area contributed by atoms with Crippen LogP contribution in [0.4, 0.5) is 0 Å². The molecule has 4 nitrogen and oxygen atoms in total. The van der Waals surface area contributed by atoms with Crippen LogP contribution in [0, 0.1) is 0 Å². The number of carboxylic acids is 2. The maximum atomic E-state index is 9.98. The van der Waals surface area contributed by atoms with Crippen LogP contribution in [0.15, 0.2) is 47.6 Å². The number of carbonyl (C=O) groups excluding carboxylic acids is 2. The van der Waals surface area contributed by atoms with Gasteiger partial charge in [-0.2, -0.15) is 0 Å². The molecule has 0 bridgehead atoms. The molecule has 0 aromatic carbocycles. The van der Waals surface area contributed by atoms with Crippen molar-refractivity contribution in [2.75, 3.05) is 0 Å². The van der Waals surface area contributed by atoms with Crippen LogP contribution in [0.1, 0.15) is 12.8 Å². The summed E-state index contributed by atoms with van der Waals surface area (Å²) < 4.78 is 0. The summed E-state index contributed by atoms with van der Waals surface area (Å²) in [6.45, 7) is 0. The van der Waals surface area contributed by atoms with Gasteiger partial charge in [-0.1, -0.05) is 36.5 Å². The molecule has 0 unspecified atom stereocenters. The number of rotatable bonds is 2. The SMILES string of the molecule is O=C([O-])C1=CC=CC1.O=C([O-])C1=CC=CC1.[Fe+2]. The molecule has 0 spiro atoms. The van der Waals surface area contributed by atoms with E-state index < -0.39 is 11.9 Å². The van der Waals surface area contributed by atoms with Gasteiger partial charge < -0.3 is 19.8 Å². The fourth-order valence-corrected chi connectivity index (χ4v) is 1.20. The fraction of sp³-hybridized carbons (Fsp3) is 0.167. The van der Waals surface area contributed by atoms with Crippen molar-refractivity contribution >= 4 is 11.9 Å². The third kappa shape index (κ3) is 5.33. The second kappa shape index (κ2) is 7.65. The molecule has 0 N–H and O–H groups in total. The van der Waals surface area contributed by atoms with Crippen molar-refractivity contribution in [1.29, 1.82) is 0 Å². The van der Waals surface area contributed by atoms with Gasteiger partial charge in [-0.25, -0.2) is 0 Å². The van der Waals surface area contributed by atoms with Gasteiger partial charge in [-0.3, -0.25) is 0 Å². The Balaban J connectivity index is 0.000000284. The molecule has 0 radical (unpaired) electrons. The van der Waals surface area contributed by atoms with Crippen molar-refractivity contribution in [3.8, 4) is 0 Å². The van der Waals surface area contributed by atoms with Crippen LogP contribution in [0.5, 0.6) is 0 Å². The zero-order chi connectivity index (χ0) is 12.0. The summed E-state index contributed by atoms with van der Waals surface area (Å²) in [4.78, 5) is 20.0. The van der Waals surface area contributed by atoms with E-state index >= 15 is 0 Å². The van der Waals surface area contributed by atoms with Crippen LogP contribution in [-0.4, -0.2) is 11.9 Å². The standard InChI is InChI=1S/2C6H6O2.Fe/c2*7-6(8)5-3-1-2-4-5;/h2*1-3H,4H2,(H,7,8);/q;;+2/p-2. The largest absolute Gasteiger partial charge is 2.00 e. The summed E-state index contributed by atoms with van der Waals surface area (Å²) in [5, 5.41) is 20.0. The second-order valence-corrected chi connectivity index (χ2v) is 3.22. The minimum absolute atomic E-state index is 0. The molecule has 0 saturated carbocycles. The van der Waals surface area contributed by atoms with Gasteiger partial charge in [0, 0.05) is 0 Å². The minimum atomic E-state index is -1.06. The average molecular weight is 274 g/mol. The molecule has 0 fully saturated rings. The van der Waals surface area contributed by atoms with Crippen molar-refractivity contribution in [2.24, 2.45) is 0 Å². The molecule has 0 aliphatic heterocycles. The van der Waals surface area contributed by atoms with Crippen molar-refractivity contribution < 1.29 is 36.9 Å². The quantitative estimate of drug-likeness (QED) is 0.620. The van der Waals surface area contributed by atoms with Crippen LogP contribution in [0.3, 0.4) is 0 Å². The molecule has 0 amide bonds. The van der Waals surface area contributed by atoms with Gasteiger partial charge in [0.1, 0.15) is 0 Å². The molecule has 0 heterocycles. The van der Waals surface area contributed by atoms with Crippen LogP contribution < -0.4 is 10.2 Å². The smallest absolute Gasteiger partial charge is 0.545 e. The van der Waals surface area contributed by atoms with Crippen molar-refractivity contribution in [3.63, 3.8) is 0 Å². The molecule has 0 saturated heterocycles. The minimum Gasteiger partial charge on any atom is -0.545 e. The van der Waals surface area contributed by atoms with Crippen molar-refractivity contribution in [3.05, 3.63) is 47.6 Å². The van der Waals surface area contributed by atoms with Crippen molar-refractivity contribution in [2.45, 2.75) is 12.8 Å². The summed E-state index contributed by atoms with van der Waals surface area (Å²) in [5.41, 5.74) is 0.731. The van der Waals surface area contributed by atoms with Gasteiger partial charge in [0.15, 0.2) is 0 Å². The summed E-state index contributed by atoms with van der Waals surface area (Å²) in [6.07, 6.45) is 11.1. The summed E-state index contributed by atoms with van der Waals surface area (Å²) in [6, 6.07) is 0. The maximum Gasteiger partial charge on any atom is 2.00 e. The van der Waals surface area contributed by atoms with E-state index in [0.29, 0.717) is 24.0 Å². The van der Waals surface area contributed by atoms with Crippen molar-refractivity contribution in [1.82, 2.24) is 0 Å². The number of aliphatic carboxylic acids is 2.